The average Bonchev–Trinajstić information content (AvgIpc) is 3.17. The number of halogens is 3. The highest BCUT2D eigenvalue weighted by atomic mass is 19.4. The maximum absolute atomic E-state index is 12.6. The van der Waals surface area contributed by atoms with Crippen molar-refractivity contribution >= 4 is 11.7 Å². The lowest BCUT2D eigenvalue weighted by Crippen LogP contribution is -2.40. The van der Waals surface area contributed by atoms with Crippen molar-refractivity contribution in [3.8, 4) is 0 Å². The zero-order chi connectivity index (χ0) is 14.9. The molecule has 7 heteroatoms. The second-order valence-electron chi connectivity index (χ2n) is 4.91. The third-order valence-electron chi connectivity index (χ3n) is 3.05. The van der Waals surface area contributed by atoms with Crippen LogP contribution in [0.1, 0.15) is 28.9 Å². The standard InChI is InChI=1S/C13H16F3N3O/c1-8-5-9(6-11(17-2)18-8)12(20)19(10-3-4-10)7-13(14,15)16/h5-6,10H,3-4,7H2,1-2H3,(H,17,18). The first-order valence-electron chi connectivity index (χ1n) is 6.34. The minimum Gasteiger partial charge on any atom is -0.373 e. The van der Waals surface area contributed by atoms with E-state index in [4.69, 9.17) is 0 Å². The van der Waals surface area contributed by atoms with Gasteiger partial charge in [0.25, 0.3) is 5.91 Å². The SMILES string of the molecule is CNc1cc(C(=O)N(CC(F)(F)F)C2CC2)cc(C)n1. The molecule has 1 aromatic rings. The molecule has 0 radical (unpaired) electrons. The van der Waals surface area contributed by atoms with Crippen molar-refractivity contribution in [2.75, 3.05) is 18.9 Å². The fourth-order valence-electron chi connectivity index (χ4n) is 2.03. The monoisotopic (exact) mass is 287 g/mol. The Hall–Kier alpha value is -1.79. The second kappa shape index (κ2) is 5.30. The van der Waals surface area contributed by atoms with Gasteiger partial charge < -0.3 is 10.2 Å². The van der Waals surface area contributed by atoms with E-state index < -0.39 is 18.6 Å². The minimum absolute atomic E-state index is 0.234. The van der Waals surface area contributed by atoms with Gasteiger partial charge in [-0.25, -0.2) is 4.98 Å². The average molecular weight is 287 g/mol. The minimum atomic E-state index is -4.38. The lowest BCUT2D eigenvalue weighted by molar-refractivity contribution is -0.141. The summed E-state index contributed by atoms with van der Waals surface area (Å²) in [4.78, 5) is 17.3. The number of pyridine rings is 1. The Morgan fingerprint density at radius 3 is 2.60 bits per heavy atom. The molecular weight excluding hydrogens is 271 g/mol. The number of aryl methyl sites for hydroxylation is 1. The molecule has 0 bridgehead atoms. The van der Waals surface area contributed by atoms with E-state index in [1.807, 2.05) is 0 Å². The summed E-state index contributed by atoms with van der Waals surface area (Å²) in [6.07, 6.45) is -3.12. The van der Waals surface area contributed by atoms with Gasteiger partial charge in [0.05, 0.1) is 0 Å². The zero-order valence-corrected chi connectivity index (χ0v) is 11.3. The third-order valence-corrected chi connectivity index (χ3v) is 3.05. The largest absolute Gasteiger partial charge is 0.406 e. The van der Waals surface area contributed by atoms with Crippen LogP contribution in [0.4, 0.5) is 19.0 Å². The van der Waals surface area contributed by atoms with Crippen LogP contribution in [0, 0.1) is 6.92 Å². The molecule has 1 amide bonds. The van der Waals surface area contributed by atoms with Gasteiger partial charge in [0.2, 0.25) is 0 Å². The molecule has 1 aliphatic carbocycles. The van der Waals surface area contributed by atoms with E-state index in [9.17, 15) is 18.0 Å². The van der Waals surface area contributed by atoms with Gasteiger partial charge in [0.1, 0.15) is 12.4 Å². The highest BCUT2D eigenvalue weighted by molar-refractivity contribution is 5.95. The van der Waals surface area contributed by atoms with Crippen molar-refractivity contribution in [1.82, 2.24) is 9.88 Å². The summed E-state index contributed by atoms with van der Waals surface area (Å²) >= 11 is 0. The van der Waals surface area contributed by atoms with E-state index in [-0.39, 0.29) is 11.6 Å². The fourth-order valence-corrected chi connectivity index (χ4v) is 2.03. The molecule has 20 heavy (non-hydrogen) atoms. The molecule has 1 fully saturated rings. The van der Waals surface area contributed by atoms with Crippen LogP contribution in [0.3, 0.4) is 0 Å². The molecule has 110 valence electrons. The van der Waals surface area contributed by atoms with Crippen molar-refractivity contribution in [3.05, 3.63) is 23.4 Å². The summed E-state index contributed by atoms with van der Waals surface area (Å²) in [5.74, 6) is -0.122. The van der Waals surface area contributed by atoms with Gasteiger partial charge >= 0.3 is 6.18 Å². The van der Waals surface area contributed by atoms with Crippen molar-refractivity contribution in [2.24, 2.45) is 0 Å². The number of nitrogens with one attached hydrogen (secondary N) is 1. The molecule has 0 aliphatic heterocycles. The van der Waals surface area contributed by atoms with E-state index in [0.717, 1.165) is 4.90 Å². The van der Waals surface area contributed by atoms with Crippen LogP contribution >= 0.6 is 0 Å². The molecule has 0 spiro atoms. The summed E-state index contributed by atoms with van der Waals surface area (Å²) in [6, 6.07) is 2.69. The zero-order valence-electron chi connectivity index (χ0n) is 11.3. The highest BCUT2D eigenvalue weighted by Crippen LogP contribution is 2.31. The topological polar surface area (TPSA) is 45.2 Å². The number of rotatable bonds is 4. The maximum Gasteiger partial charge on any atom is 0.406 e. The van der Waals surface area contributed by atoms with Gasteiger partial charge in [-0.15, -0.1) is 0 Å². The Balaban J connectivity index is 2.25. The first-order valence-corrected chi connectivity index (χ1v) is 6.34. The van der Waals surface area contributed by atoms with Gasteiger partial charge in [-0.2, -0.15) is 13.2 Å². The van der Waals surface area contributed by atoms with E-state index in [0.29, 0.717) is 24.4 Å². The van der Waals surface area contributed by atoms with Crippen molar-refractivity contribution in [2.45, 2.75) is 32.0 Å². The number of carbonyl (C=O) groups is 1. The van der Waals surface area contributed by atoms with Gasteiger partial charge in [-0.05, 0) is 31.9 Å². The molecule has 1 aromatic heterocycles. The summed E-state index contributed by atoms with van der Waals surface area (Å²) in [7, 11) is 1.64. The van der Waals surface area contributed by atoms with Crippen LogP contribution < -0.4 is 5.32 Å². The Labute approximate surface area is 115 Å². The molecule has 1 saturated carbocycles. The number of anilines is 1. The summed E-state index contributed by atoms with van der Waals surface area (Å²) in [5, 5.41) is 2.79. The molecule has 0 unspecified atom stereocenters. The quantitative estimate of drug-likeness (QED) is 0.926. The van der Waals surface area contributed by atoms with Crippen LogP contribution in [0.15, 0.2) is 12.1 Å². The predicted molar refractivity (Wildman–Crippen MR) is 68.6 cm³/mol. The smallest absolute Gasteiger partial charge is 0.373 e. The van der Waals surface area contributed by atoms with Crippen molar-refractivity contribution in [3.63, 3.8) is 0 Å². The van der Waals surface area contributed by atoms with E-state index in [2.05, 4.69) is 10.3 Å². The highest BCUT2D eigenvalue weighted by Gasteiger charge is 2.40. The molecule has 1 aliphatic rings. The molecule has 0 saturated heterocycles. The summed E-state index contributed by atoms with van der Waals surface area (Å²) in [6.45, 7) is 0.496. The fraction of sp³-hybridized carbons (Fsp3) is 0.538. The number of hydrogen-bond acceptors (Lipinski definition) is 3. The number of carbonyl (C=O) groups excluding carboxylic acids is 1. The molecule has 1 heterocycles. The van der Waals surface area contributed by atoms with Gasteiger partial charge in [-0.1, -0.05) is 0 Å². The third kappa shape index (κ3) is 3.61. The Morgan fingerprint density at radius 2 is 2.10 bits per heavy atom. The molecule has 0 atom stereocenters. The first kappa shape index (κ1) is 14.6. The van der Waals surface area contributed by atoms with E-state index in [1.54, 1.807) is 14.0 Å². The van der Waals surface area contributed by atoms with Crippen molar-refractivity contribution in [1.29, 1.82) is 0 Å². The molecule has 0 aromatic carbocycles. The van der Waals surface area contributed by atoms with Crippen LogP contribution in [0.2, 0.25) is 0 Å². The van der Waals surface area contributed by atoms with Crippen LogP contribution in [0.5, 0.6) is 0 Å². The van der Waals surface area contributed by atoms with Gasteiger partial charge in [0.15, 0.2) is 0 Å². The number of nitrogens with zero attached hydrogens (tertiary/aromatic N) is 2. The number of alkyl halides is 3. The summed E-state index contributed by atoms with van der Waals surface area (Å²) < 4.78 is 37.7. The second-order valence-corrected chi connectivity index (χ2v) is 4.91. The number of amides is 1. The molecule has 2 rings (SSSR count). The van der Waals surface area contributed by atoms with Gasteiger partial charge in [0, 0.05) is 24.3 Å². The Bertz CT molecular complexity index is 512. The van der Waals surface area contributed by atoms with E-state index >= 15 is 0 Å². The first-order chi connectivity index (χ1) is 9.30. The number of aromatic nitrogens is 1. The lowest BCUT2D eigenvalue weighted by atomic mass is 10.2. The molecule has 4 nitrogen and oxygen atoms in total. The van der Waals surface area contributed by atoms with Crippen LogP contribution in [-0.4, -0.2) is 41.6 Å². The predicted octanol–water partition coefficient (Wildman–Crippen LogP) is 2.60. The van der Waals surface area contributed by atoms with E-state index in [1.165, 1.54) is 12.1 Å². The maximum atomic E-state index is 12.6. The molecular formula is C13H16F3N3O. The van der Waals surface area contributed by atoms with Crippen molar-refractivity contribution < 1.29 is 18.0 Å². The van der Waals surface area contributed by atoms with Gasteiger partial charge in [-0.3, -0.25) is 4.79 Å². The Kier molecular flexibility index (Phi) is 3.87. The number of hydrogen-bond donors (Lipinski definition) is 1. The summed E-state index contributed by atoms with van der Waals surface area (Å²) in [5.41, 5.74) is 0.820. The van der Waals surface area contributed by atoms with Crippen LogP contribution in [-0.2, 0) is 0 Å². The lowest BCUT2D eigenvalue weighted by Gasteiger charge is -2.24. The molecule has 1 N–H and O–H groups in total. The normalized spacial score (nSPS) is 15.1. The Morgan fingerprint density at radius 1 is 1.45 bits per heavy atom. The van der Waals surface area contributed by atoms with Crippen LogP contribution in [0.25, 0.3) is 0 Å².